The SMILES string of the molecule is O=S(=O)(Cl)c1ccnc(Oc2cccc(F)c2)c1. The summed E-state index contributed by atoms with van der Waals surface area (Å²) in [7, 11) is 1.34. The summed E-state index contributed by atoms with van der Waals surface area (Å²) in [4.78, 5) is 3.68. The smallest absolute Gasteiger partial charge is 0.261 e. The first-order valence-electron chi connectivity index (χ1n) is 4.79. The molecule has 1 aromatic carbocycles. The van der Waals surface area contributed by atoms with Crippen molar-refractivity contribution in [3.05, 3.63) is 48.4 Å². The van der Waals surface area contributed by atoms with Crippen LogP contribution >= 0.6 is 10.7 Å². The molecule has 4 nitrogen and oxygen atoms in total. The molecule has 0 fully saturated rings. The van der Waals surface area contributed by atoms with Crippen molar-refractivity contribution in [3.8, 4) is 11.6 Å². The maximum atomic E-state index is 12.9. The minimum Gasteiger partial charge on any atom is -0.439 e. The Balaban J connectivity index is 2.30. The lowest BCUT2D eigenvalue weighted by atomic mass is 10.3. The van der Waals surface area contributed by atoms with Gasteiger partial charge in [0.15, 0.2) is 0 Å². The summed E-state index contributed by atoms with van der Waals surface area (Å²) in [6.07, 6.45) is 1.24. The summed E-state index contributed by atoms with van der Waals surface area (Å²) >= 11 is 0. The van der Waals surface area contributed by atoms with Crippen molar-refractivity contribution < 1.29 is 17.5 Å². The molecule has 2 rings (SSSR count). The van der Waals surface area contributed by atoms with Gasteiger partial charge in [-0.05, 0) is 18.2 Å². The van der Waals surface area contributed by atoms with Crippen molar-refractivity contribution in [3.63, 3.8) is 0 Å². The van der Waals surface area contributed by atoms with Gasteiger partial charge in [0.05, 0.1) is 4.90 Å². The third-order valence-corrected chi connectivity index (χ3v) is 3.36. The lowest BCUT2D eigenvalue weighted by Gasteiger charge is -2.05. The standard InChI is InChI=1S/C11H7ClFNO3S/c12-18(15,16)10-4-5-14-11(7-10)17-9-3-1-2-8(13)6-9/h1-7H. The van der Waals surface area contributed by atoms with Gasteiger partial charge in [-0.2, -0.15) is 0 Å². The van der Waals surface area contributed by atoms with Gasteiger partial charge in [0.1, 0.15) is 11.6 Å². The molecule has 0 aliphatic heterocycles. The number of nitrogens with zero attached hydrogens (tertiary/aromatic N) is 1. The molecule has 18 heavy (non-hydrogen) atoms. The maximum Gasteiger partial charge on any atom is 0.261 e. The fraction of sp³-hybridized carbons (Fsp3) is 0. The second kappa shape index (κ2) is 4.91. The van der Waals surface area contributed by atoms with E-state index in [4.69, 9.17) is 15.4 Å². The van der Waals surface area contributed by atoms with Crippen LogP contribution in [0.25, 0.3) is 0 Å². The largest absolute Gasteiger partial charge is 0.439 e. The normalized spacial score (nSPS) is 11.2. The van der Waals surface area contributed by atoms with Gasteiger partial charge in [0, 0.05) is 29.0 Å². The van der Waals surface area contributed by atoms with Gasteiger partial charge in [0.2, 0.25) is 5.88 Å². The van der Waals surface area contributed by atoms with E-state index >= 15 is 0 Å². The number of ether oxygens (including phenoxy) is 1. The van der Waals surface area contributed by atoms with Crippen molar-refractivity contribution >= 4 is 19.7 Å². The van der Waals surface area contributed by atoms with E-state index in [1.54, 1.807) is 0 Å². The molecule has 0 amide bonds. The molecule has 1 aromatic heterocycles. The first-order chi connectivity index (χ1) is 8.45. The van der Waals surface area contributed by atoms with E-state index in [1.807, 2.05) is 0 Å². The van der Waals surface area contributed by atoms with Gasteiger partial charge in [0.25, 0.3) is 9.05 Å². The molecule has 0 radical (unpaired) electrons. The van der Waals surface area contributed by atoms with E-state index < -0.39 is 14.9 Å². The molecular formula is C11H7ClFNO3S. The Kier molecular flexibility index (Phi) is 3.49. The number of halogens is 2. The zero-order valence-electron chi connectivity index (χ0n) is 8.88. The summed E-state index contributed by atoms with van der Waals surface area (Å²) in [5.41, 5.74) is 0. The van der Waals surface area contributed by atoms with Crippen LogP contribution in [-0.2, 0) is 9.05 Å². The molecule has 0 atom stereocenters. The van der Waals surface area contributed by atoms with Gasteiger partial charge < -0.3 is 4.74 Å². The van der Waals surface area contributed by atoms with Gasteiger partial charge in [-0.3, -0.25) is 0 Å². The van der Waals surface area contributed by atoms with E-state index in [1.165, 1.54) is 30.5 Å². The van der Waals surface area contributed by atoms with Gasteiger partial charge in [-0.25, -0.2) is 17.8 Å². The monoisotopic (exact) mass is 287 g/mol. The summed E-state index contributed by atoms with van der Waals surface area (Å²) in [5, 5.41) is 0. The lowest BCUT2D eigenvalue weighted by Crippen LogP contribution is -1.94. The number of hydrogen-bond donors (Lipinski definition) is 0. The highest BCUT2D eigenvalue weighted by atomic mass is 35.7. The minimum absolute atomic E-state index is 0.0160. The number of hydrogen-bond acceptors (Lipinski definition) is 4. The molecule has 0 N–H and O–H groups in total. The molecule has 0 saturated heterocycles. The Labute approximate surface area is 107 Å². The van der Waals surface area contributed by atoms with Gasteiger partial charge >= 0.3 is 0 Å². The van der Waals surface area contributed by atoms with E-state index in [0.717, 1.165) is 12.1 Å². The summed E-state index contributed by atoms with van der Waals surface area (Å²) in [6, 6.07) is 7.80. The second-order valence-corrected chi connectivity index (χ2v) is 5.89. The summed E-state index contributed by atoms with van der Waals surface area (Å²) in [5.74, 6) is -0.234. The molecule has 1 heterocycles. The van der Waals surface area contributed by atoms with Crippen LogP contribution in [0.4, 0.5) is 4.39 Å². The van der Waals surface area contributed by atoms with Crippen LogP contribution in [0, 0.1) is 5.82 Å². The Bertz CT molecular complexity index is 675. The Hall–Kier alpha value is -1.66. The number of rotatable bonds is 3. The second-order valence-electron chi connectivity index (χ2n) is 3.33. The molecule has 94 valence electrons. The van der Waals surface area contributed by atoms with Crippen LogP contribution in [0.15, 0.2) is 47.5 Å². The minimum atomic E-state index is -3.85. The molecule has 0 aliphatic carbocycles. The van der Waals surface area contributed by atoms with Gasteiger partial charge in [-0.1, -0.05) is 6.07 Å². The third kappa shape index (κ3) is 3.18. The predicted octanol–water partition coefficient (Wildman–Crippen LogP) is 2.94. The summed E-state index contributed by atoms with van der Waals surface area (Å²) < 4.78 is 40.4. The van der Waals surface area contributed by atoms with Crippen molar-refractivity contribution in [1.29, 1.82) is 0 Å². The average molecular weight is 288 g/mol. The van der Waals surface area contributed by atoms with Crippen LogP contribution in [0.5, 0.6) is 11.6 Å². The third-order valence-electron chi connectivity index (χ3n) is 2.01. The molecule has 0 saturated carbocycles. The average Bonchev–Trinajstić information content (AvgIpc) is 2.28. The summed E-state index contributed by atoms with van der Waals surface area (Å²) in [6.45, 7) is 0. The van der Waals surface area contributed by atoms with Crippen LogP contribution in [-0.4, -0.2) is 13.4 Å². The Morgan fingerprint density at radius 2 is 2.00 bits per heavy atom. The zero-order valence-corrected chi connectivity index (χ0v) is 10.5. The van der Waals surface area contributed by atoms with E-state index in [2.05, 4.69) is 4.98 Å². The molecule has 0 aliphatic rings. The van der Waals surface area contributed by atoms with Crippen molar-refractivity contribution in [2.24, 2.45) is 0 Å². The van der Waals surface area contributed by atoms with Crippen LogP contribution in [0.1, 0.15) is 0 Å². The molecule has 0 unspecified atom stereocenters. The molecular weight excluding hydrogens is 281 g/mol. The fourth-order valence-corrected chi connectivity index (χ4v) is 2.00. The molecule has 0 bridgehead atoms. The Morgan fingerprint density at radius 1 is 1.22 bits per heavy atom. The number of aromatic nitrogens is 1. The van der Waals surface area contributed by atoms with E-state index in [0.29, 0.717) is 0 Å². The van der Waals surface area contributed by atoms with E-state index in [9.17, 15) is 12.8 Å². The highest BCUT2D eigenvalue weighted by molar-refractivity contribution is 8.13. The molecule has 7 heteroatoms. The highest BCUT2D eigenvalue weighted by Gasteiger charge is 2.11. The number of benzene rings is 1. The first-order valence-corrected chi connectivity index (χ1v) is 7.10. The maximum absolute atomic E-state index is 12.9. The van der Waals surface area contributed by atoms with Crippen LogP contribution in [0.2, 0.25) is 0 Å². The zero-order chi connectivity index (χ0) is 13.2. The van der Waals surface area contributed by atoms with Crippen LogP contribution in [0.3, 0.4) is 0 Å². The topological polar surface area (TPSA) is 56.3 Å². The predicted molar refractivity (Wildman–Crippen MR) is 63.7 cm³/mol. The Morgan fingerprint density at radius 3 is 2.67 bits per heavy atom. The van der Waals surface area contributed by atoms with Crippen LogP contribution < -0.4 is 4.74 Å². The molecule has 2 aromatic rings. The lowest BCUT2D eigenvalue weighted by molar-refractivity contribution is 0.456. The molecule has 0 spiro atoms. The quantitative estimate of drug-likeness (QED) is 0.815. The fourth-order valence-electron chi connectivity index (χ4n) is 1.25. The van der Waals surface area contributed by atoms with Gasteiger partial charge in [-0.15, -0.1) is 0 Å². The highest BCUT2D eigenvalue weighted by Crippen LogP contribution is 2.23. The number of pyridine rings is 1. The van der Waals surface area contributed by atoms with E-state index in [-0.39, 0.29) is 16.5 Å². The van der Waals surface area contributed by atoms with Crippen molar-refractivity contribution in [2.45, 2.75) is 4.90 Å². The van der Waals surface area contributed by atoms with Crippen molar-refractivity contribution in [2.75, 3.05) is 0 Å². The first kappa shape index (κ1) is 12.8. The van der Waals surface area contributed by atoms with Crippen molar-refractivity contribution in [1.82, 2.24) is 4.98 Å².